The van der Waals surface area contributed by atoms with Crippen LogP contribution in [0.15, 0.2) is 114 Å². The molecule has 0 unspecified atom stereocenters. The first-order chi connectivity index (χ1) is 29.8. The molecule has 0 radical (unpaired) electrons. The SMILES string of the molecule is CN1CCN(c2ccc3nc(-c4c(N)c5c(F)cccc5[nH]c4=O)[nH]c3c2)CC1.COc1cc2nccc(Oc3ccc(C(=O)c4ccc(C(C)(C)C)cc4)cc3)c2cc1OC. The lowest BCUT2D eigenvalue weighted by Crippen LogP contribution is -2.44. The number of carbonyl (C=O) groups is 1. The number of halogens is 1. The van der Waals surface area contributed by atoms with Gasteiger partial charge in [-0.05, 0) is 84.8 Å². The van der Waals surface area contributed by atoms with Crippen LogP contribution in [0.25, 0.3) is 44.2 Å². The average Bonchev–Trinajstić information content (AvgIpc) is 3.69. The zero-order valence-electron chi connectivity index (χ0n) is 35.5. The van der Waals surface area contributed by atoms with Crippen molar-refractivity contribution in [1.29, 1.82) is 0 Å². The molecular formula is C49H48FN7O5. The van der Waals surface area contributed by atoms with Crippen LogP contribution in [-0.4, -0.2) is 78.1 Å². The number of pyridine rings is 2. The Bertz CT molecular complexity index is 2990. The van der Waals surface area contributed by atoms with Crippen molar-refractivity contribution >= 4 is 50.0 Å². The maximum absolute atomic E-state index is 14.3. The highest BCUT2D eigenvalue weighted by molar-refractivity contribution is 6.09. The zero-order valence-corrected chi connectivity index (χ0v) is 35.5. The number of benzene rings is 5. The lowest BCUT2D eigenvalue weighted by Gasteiger charge is -2.34. The lowest BCUT2D eigenvalue weighted by atomic mass is 9.86. The standard InChI is InChI=1S/C28H27NO4.C21H21FN6O/c1-28(2,3)20-10-6-18(7-11-20)27(30)19-8-12-21(13-9-19)33-24-14-15-29-23-17-26(32-5)25(31-4)16-22(23)24;1-27-7-9-28(10-8-27)12-5-6-14-16(11-12)25-20(24-14)18-19(23)17-13(22)3-2-4-15(17)26-21(18)29/h6-17H,1-5H3;2-6,11H,7-10H2,1H3,(H,24,25)(H3,23,26,29). The van der Waals surface area contributed by atoms with Crippen molar-refractivity contribution in [2.75, 3.05) is 58.1 Å². The predicted octanol–water partition coefficient (Wildman–Crippen LogP) is 9.12. The van der Waals surface area contributed by atoms with E-state index in [0.717, 1.165) is 53.8 Å². The van der Waals surface area contributed by atoms with Gasteiger partial charge in [-0.25, -0.2) is 9.37 Å². The van der Waals surface area contributed by atoms with Crippen molar-refractivity contribution in [1.82, 2.24) is 24.8 Å². The average molecular weight is 834 g/mol. The summed E-state index contributed by atoms with van der Waals surface area (Å²) >= 11 is 0. The van der Waals surface area contributed by atoms with E-state index in [1.807, 2.05) is 54.6 Å². The van der Waals surface area contributed by atoms with Gasteiger partial charge in [0.15, 0.2) is 17.3 Å². The van der Waals surface area contributed by atoms with Crippen LogP contribution in [0.4, 0.5) is 15.8 Å². The number of fused-ring (bicyclic) bond motifs is 3. The van der Waals surface area contributed by atoms with Gasteiger partial charge in [-0.1, -0.05) is 51.1 Å². The Labute approximate surface area is 358 Å². The Kier molecular flexibility index (Phi) is 11.4. The maximum atomic E-state index is 14.3. The molecule has 316 valence electrons. The first kappa shape index (κ1) is 41.5. The number of hydrogen-bond donors (Lipinski definition) is 3. The zero-order chi connectivity index (χ0) is 43.7. The van der Waals surface area contributed by atoms with Gasteiger partial charge < -0.3 is 39.7 Å². The molecule has 0 atom stereocenters. The number of nitrogen functional groups attached to an aromatic ring is 1. The molecule has 1 aliphatic rings. The summed E-state index contributed by atoms with van der Waals surface area (Å²) in [5, 5.41) is 0.995. The number of aromatic amines is 2. The summed E-state index contributed by atoms with van der Waals surface area (Å²) in [7, 11) is 5.30. The molecule has 5 aromatic carbocycles. The van der Waals surface area contributed by atoms with Crippen LogP contribution in [0.3, 0.4) is 0 Å². The molecule has 0 bridgehead atoms. The summed E-state index contributed by atoms with van der Waals surface area (Å²) in [4.78, 5) is 45.0. The van der Waals surface area contributed by atoms with Gasteiger partial charge in [0.05, 0.1) is 47.4 Å². The largest absolute Gasteiger partial charge is 0.493 e. The minimum atomic E-state index is -0.481. The molecule has 1 aliphatic heterocycles. The Morgan fingerprint density at radius 2 is 1.45 bits per heavy atom. The number of piperazine rings is 1. The molecule has 62 heavy (non-hydrogen) atoms. The van der Waals surface area contributed by atoms with Crippen molar-refractivity contribution in [3.8, 4) is 34.4 Å². The van der Waals surface area contributed by atoms with Gasteiger partial charge in [0, 0.05) is 60.6 Å². The van der Waals surface area contributed by atoms with Crippen molar-refractivity contribution < 1.29 is 23.4 Å². The summed E-state index contributed by atoms with van der Waals surface area (Å²) < 4.78 is 31.2. The molecule has 8 aromatic rings. The van der Waals surface area contributed by atoms with E-state index in [-0.39, 0.29) is 27.8 Å². The number of nitrogens with two attached hydrogens (primary N) is 1. The Hall–Kier alpha value is -7.25. The number of nitrogens with zero attached hydrogens (tertiary/aromatic N) is 4. The number of ketones is 1. The van der Waals surface area contributed by atoms with Gasteiger partial charge in [0.2, 0.25) is 0 Å². The molecule has 12 nitrogen and oxygen atoms in total. The minimum absolute atomic E-state index is 0.0202. The molecule has 0 spiro atoms. The molecule has 4 N–H and O–H groups in total. The number of anilines is 2. The van der Waals surface area contributed by atoms with Crippen LogP contribution >= 0.6 is 0 Å². The second-order valence-corrected chi connectivity index (χ2v) is 16.3. The third-order valence-corrected chi connectivity index (χ3v) is 11.2. The molecule has 0 aliphatic carbocycles. The fraction of sp³-hybridized carbons (Fsp3) is 0.224. The van der Waals surface area contributed by atoms with Crippen molar-refractivity contribution in [3.63, 3.8) is 0 Å². The summed E-state index contributed by atoms with van der Waals surface area (Å²) in [6.07, 6.45) is 1.68. The number of likely N-dealkylation sites (N-methyl/N-ethyl adjacent to an activating group) is 1. The molecule has 0 amide bonds. The molecule has 1 saturated heterocycles. The van der Waals surface area contributed by atoms with E-state index in [4.69, 9.17) is 19.9 Å². The smallest absolute Gasteiger partial charge is 0.261 e. The quantitative estimate of drug-likeness (QED) is 0.127. The van der Waals surface area contributed by atoms with Gasteiger partial charge in [-0.2, -0.15) is 0 Å². The summed E-state index contributed by atoms with van der Waals surface area (Å²) in [6.45, 7) is 10.4. The first-order valence-corrected chi connectivity index (χ1v) is 20.3. The summed E-state index contributed by atoms with van der Waals surface area (Å²) in [5.74, 6) is 2.29. The number of methoxy groups -OCH3 is 2. The molecule has 3 aromatic heterocycles. The number of carbonyl (C=O) groups excluding carboxylic acids is 1. The van der Waals surface area contributed by atoms with E-state index in [1.165, 1.54) is 17.7 Å². The van der Waals surface area contributed by atoms with Gasteiger partial charge in [-0.15, -0.1) is 0 Å². The summed E-state index contributed by atoms with van der Waals surface area (Å²) in [5.41, 5.74) is 12.3. The Morgan fingerprint density at radius 3 is 2.13 bits per heavy atom. The van der Waals surface area contributed by atoms with Crippen molar-refractivity contribution in [3.05, 3.63) is 142 Å². The first-order valence-electron chi connectivity index (χ1n) is 20.3. The van der Waals surface area contributed by atoms with Gasteiger partial charge in [0.25, 0.3) is 5.56 Å². The Balaban J connectivity index is 0.000000172. The number of imidazole rings is 1. The summed E-state index contributed by atoms with van der Waals surface area (Å²) in [6, 6.07) is 30.9. The molecule has 4 heterocycles. The lowest BCUT2D eigenvalue weighted by molar-refractivity contribution is 0.103. The van der Waals surface area contributed by atoms with E-state index >= 15 is 0 Å². The van der Waals surface area contributed by atoms with Crippen LogP contribution in [0.1, 0.15) is 42.3 Å². The molecule has 9 rings (SSSR count). The van der Waals surface area contributed by atoms with Crippen LogP contribution < -0.4 is 30.4 Å². The number of nitrogens with one attached hydrogen (secondary N) is 2. The van der Waals surface area contributed by atoms with E-state index in [2.05, 4.69) is 57.6 Å². The monoisotopic (exact) mass is 833 g/mol. The number of H-pyrrole nitrogens is 2. The predicted molar refractivity (Wildman–Crippen MR) is 244 cm³/mol. The van der Waals surface area contributed by atoms with Crippen LogP contribution in [-0.2, 0) is 5.41 Å². The number of rotatable bonds is 8. The fourth-order valence-corrected chi connectivity index (χ4v) is 7.57. The van der Waals surface area contributed by atoms with E-state index in [1.54, 1.807) is 56.8 Å². The highest BCUT2D eigenvalue weighted by Crippen LogP contribution is 2.37. The second kappa shape index (κ2) is 17.0. The Morgan fingerprint density at radius 1 is 0.774 bits per heavy atom. The molecular weight excluding hydrogens is 786 g/mol. The second-order valence-electron chi connectivity index (χ2n) is 16.3. The maximum Gasteiger partial charge on any atom is 0.261 e. The van der Waals surface area contributed by atoms with Crippen LogP contribution in [0, 0.1) is 5.82 Å². The fourth-order valence-electron chi connectivity index (χ4n) is 7.57. The van der Waals surface area contributed by atoms with Gasteiger partial charge in [-0.3, -0.25) is 14.6 Å². The highest BCUT2D eigenvalue weighted by Gasteiger charge is 2.20. The molecule has 13 heteroatoms. The third-order valence-electron chi connectivity index (χ3n) is 11.2. The normalized spacial score (nSPS) is 13.2. The minimum Gasteiger partial charge on any atom is -0.493 e. The molecule has 0 saturated carbocycles. The third kappa shape index (κ3) is 8.39. The van der Waals surface area contributed by atoms with Crippen molar-refractivity contribution in [2.45, 2.75) is 26.2 Å². The highest BCUT2D eigenvalue weighted by atomic mass is 19.1. The van der Waals surface area contributed by atoms with E-state index < -0.39 is 11.4 Å². The van der Waals surface area contributed by atoms with Crippen LogP contribution in [0.2, 0.25) is 0 Å². The number of aromatic nitrogens is 4. The number of hydrogen-bond acceptors (Lipinski definition) is 10. The van der Waals surface area contributed by atoms with Gasteiger partial charge >= 0.3 is 0 Å². The van der Waals surface area contributed by atoms with Crippen LogP contribution in [0.5, 0.6) is 23.0 Å². The number of ether oxygens (including phenoxy) is 3. The molecule has 1 fully saturated rings. The van der Waals surface area contributed by atoms with Gasteiger partial charge in [0.1, 0.15) is 28.7 Å². The van der Waals surface area contributed by atoms with E-state index in [9.17, 15) is 14.0 Å². The van der Waals surface area contributed by atoms with E-state index in [0.29, 0.717) is 45.5 Å². The topological polar surface area (TPSA) is 152 Å². The van der Waals surface area contributed by atoms with Crippen molar-refractivity contribution in [2.24, 2.45) is 0 Å².